The minimum atomic E-state index is 0.551. The Balaban J connectivity index is 2.64. The number of hydrogen-bond acceptors (Lipinski definition) is 2. The molecule has 1 N–H and O–H groups in total. The van der Waals surface area contributed by atoms with Gasteiger partial charge in [0, 0.05) is 18.6 Å². The van der Waals surface area contributed by atoms with Gasteiger partial charge in [0.1, 0.15) is 0 Å². The Morgan fingerprint density at radius 2 is 1.89 bits per heavy atom. The highest BCUT2D eigenvalue weighted by Crippen LogP contribution is 2.13. The summed E-state index contributed by atoms with van der Waals surface area (Å²) in [5.41, 5.74) is 2.81. The van der Waals surface area contributed by atoms with Crippen LogP contribution in [0.15, 0.2) is 24.3 Å². The van der Waals surface area contributed by atoms with E-state index in [0.717, 1.165) is 13.1 Å². The van der Waals surface area contributed by atoms with Gasteiger partial charge >= 0.3 is 0 Å². The normalized spacial score (nSPS) is 14.8. The zero-order valence-corrected chi connectivity index (χ0v) is 12.5. The average molecular weight is 248 g/mol. The fourth-order valence-corrected chi connectivity index (χ4v) is 2.43. The molecule has 0 aliphatic rings. The van der Waals surface area contributed by atoms with Gasteiger partial charge in [0.2, 0.25) is 0 Å². The van der Waals surface area contributed by atoms with Crippen LogP contribution in [0.2, 0.25) is 0 Å². The average Bonchev–Trinajstić information content (AvgIpc) is 2.37. The standard InChI is InChI=1S/C16H28N2/c1-6-16(17-7-2)14(4)18(5)12-15-11-9-8-10-13(15)3/h8-11,14,16-17H,6-7,12H2,1-5H3. The van der Waals surface area contributed by atoms with Crippen LogP contribution in [0.5, 0.6) is 0 Å². The van der Waals surface area contributed by atoms with E-state index in [4.69, 9.17) is 0 Å². The van der Waals surface area contributed by atoms with Crippen LogP contribution in [-0.2, 0) is 6.54 Å². The Bertz CT molecular complexity index is 349. The highest BCUT2D eigenvalue weighted by molar-refractivity contribution is 5.25. The summed E-state index contributed by atoms with van der Waals surface area (Å²) >= 11 is 0. The maximum absolute atomic E-state index is 3.57. The maximum atomic E-state index is 3.57. The molecule has 1 aromatic carbocycles. The van der Waals surface area contributed by atoms with Gasteiger partial charge in [-0.05, 0) is 45.0 Å². The molecule has 0 radical (unpaired) electrons. The highest BCUT2D eigenvalue weighted by atomic mass is 15.2. The van der Waals surface area contributed by atoms with E-state index in [9.17, 15) is 0 Å². The molecule has 0 heterocycles. The molecule has 2 atom stereocenters. The molecule has 0 bridgehead atoms. The predicted molar refractivity (Wildman–Crippen MR) is 79.9 cm³/mol. The smallest absolute Gasteiger partial charge is 0.0236 e. The third-order valence-corrected chi connectivity index (χ3v) is 3.86. The lowest BCUT2D eigenvalue weighted by Gasteiger charge is -2.32. The second-order valence-corrected chi connectivity index (χ2v) is 5.15. The van der Waals surface area contributed by atoms with Crippen molar-refractivity contribution in [1.29, 1.82) is 0 Å². The van der Waals surface area contributed by atoms with Gasteiger partial charge < -0.3 is 5.32 Å². The minimum absolute atomic E-state index is 0.551. The predicted octanol–water partition coefficient (Wildman–Crippen LogP) is 3.20. The second kappa shape index (κ2) is 7.55. The van der Waals surface area contributed by atoms with Gasteiger partial charge in [0.05, 0.1) is 0 Å². The van der Waals surface area contributed by atoms with Gasteiger partial charge in [-0.15, -0.1) is 0 Å². The summed E-state index contributed by atoms with van der Waals surface area (Å²) in [6.45, 7) is 11.0. The van der Waals surface area contributed by atoms with Gasteiger partial charge in [0.25, 0.3) is 0 Å². The molecule has 0 spiro atoms. The molecule has 0 aromatic heterocycles. The first-order chi connectivity index (χ1) is 8.60. The van der Waals surface area contributed by atoms with Gasteiger partial charge in [0.15, 0.2) is 0 Å². The van der Waals surface area contributed by atoms with Crippen molar-refractivity contribution in [3.8, 4) is 0 Å². The Hall–Kier alpha value is -0.860. The molecule has 1 rings (SSSR count). The molecule has 0 aliphatic heterocycles. The molecular weight excluding hydrogens is 220 g/mol. The highest BCUT2D eigenvalue weighted by Gasteiger charge is 2.18. The lowest BCUT2D eigenvalue weighted by Crippen LogP contribution is -2.46. The van der Waals surface area contributed by atoms with Crippen molar-refractivity contribution in [3.63, 3.8) is 0 Å². The van der Waals surface area contributed by atoms with E-state index >= 15 is 0 Å². The first-order valence-electron chi connectivity index (χ1n) is 7.08. The molecule has 2 unspecified atom stereocenters. The molecular formula is C16H28N2. The van der Waals surface area contributed by atoms with E-state index in [1.54, 1.807) is 0 Å². The van der Waals surface area contributed by atoms with Crippen LogP contribution in [0.1, 0.15) is 38.3 Å². The van der Waals surface area contributed by atoms with Crippen LogP contribution in [0.25, 0.3) is 0 Å². The fourth-order valence-electron chi connectivity index (χ4n) is 2.43. The fraction of sp³-hybridized carbons (Fsp3) is 0.625. The summed E-state index contributed by atoms with van der Waals surface area (Å²) in [4.78, 5) is 2.44. The van der Waals surface area contributed by atoms with Crippen LogP contribution in [0.4, 0.5) is 0 Å². The summed E-state index contributed by atoms with van der Waals surface area (Å²) in [7, 11) is 2.22. The summed E-state index contributed by atoms with van der Waals surface area (Å²) < 4.78 is 0. The lowest BCUT2D eigenvalue weighted by atomic mass is 10.0. The molecule has 0 aliphatic carbocycles. The van der Waals surface area contributed by atoms with E-state index < -0.39 is 0 Å². The molecule has 0 saturated heterocycles. The largest absolute Gasteiger partial charge is 0.313 e. The van der Waals surface area contributed by atoms with Crippen molar-refractivity contribution in [2.45, 2.75) is 52.7 Å². The van der Waals surface area contributed by atoms with Crippen molar-refractivity contribution in [1.82, 2.24) is 10.2 Å². The molecule has 0 saturated carbocycles. The van der Waals surface area contributed by atoms with Crippen LogP contribution < -0.4 is 5.32 Å². The first kappa shape index (κ1) is 15.2. The van der Waals surface area contributed by atoms with Gasteiger partial charge in [-0.25, -0.2) is 0 Å². The van der Waals surface area contributed by atoms with Gasteiger partial charge in [-0.2, -0.15) is 0 Å². The number of aryl methyl sites for hydroxylation is 1. The zero-order chi connectivity index (χ0) is 13.5. The first-order valence-corrected chi connectivity index (χ1v) is 7.08. The molecule has 102 valence electrons. The number of nitrogens with zero attached hydrogens (tertiary/aromatic N) is 1. The van der Waals surface area contributed by atoms with E-state index in [-0.39, 0.29) is 0 Å². The van der Waals surface area contributed by atoms with Crippen LogP contribution in [0, 0.1) is 6.92 Å². The number of hydrogen-bond donors (Lipinski definition) is 1. The monoisotopic (exact) mass is 248 g/mol. The molecule has 2 heteroatoms. The summed E-state index contributed by atoms with van der Waals surface area (Å²) in [5.74, 6) is 0. The van der Waals surface area contributed by atoms with E-state index in [0.29, 0.717) is 12.1 Å². The Morgan fingerprint density at radius 1 is 1.22 bits per heavy atom. The topological polar surface area (TPSA) is 15.3 Å². The van der Waals surface area contributed by atoms with E-state index in [1.165, 1.54) is 17.5 Å². The maximum Gasteiger partial charge on any atom is 0.0236 e. The van der Waals surface area contributed by atoms with Crippen molar-refractivity contribution in [3.05, 3.63) is 35.4 Å². The van der Waals surface area contributed by atoms with Crippen molar-refractivity contribution in [2.75, 3.05) is 13.6 Å². The van der Waals surface area contributed by atoms with Crippen molar-refractivity contribution in [2.24, 2.45) is 0 Å². The molecule has 0 fully saturated rings. The second-order valence-electron chi connectivity index (χ2n) is 5.15. The number of rotatable bonds is 7. The van der Waals surface area contributed by atoms with Gasteiger partial charge in [-0.3, -0.25) is 4.90 Å². The Kier molecular flexibility index (Phi) is 6.37. The third kappa shape index (κ3) is 4.11. The van der Waals surface area contributed by atoms with Crippen molar-refractivity contribution < 1.29 is 0 Å². The summed E-state index contributed by atoms with van der Waals surface area (Å²) in [6, 6.07) is 9.78. The quantitative estimate of drug-likeness (QED) is 0.797. The summed E-state index contributed by atoms with van der Waals surface area (Å²) in [5, 5.41) is 3.57. The van der Waals surface area contributed by atoms with Crippen LogP contribution in [0.3, 0.4) is 0 Å². The SMILES string of the molecule is CCNC(CC)C(C)N(C)Cc1ccccc1C. The molecule has 1 aromatic rings. The zero-order valence-electron chi connectivity index (χ0n) is 12.5. The van der Waals surface area contributed by atoms with Crippen molar-refractivity contribution >= 4 is 0 Å². The van der Waals surface area contributed by atoms with E-state index in [1.807, 2.05) is 0 Å². The van der Waals surface area contributed by atoms with Crippen LogP contribution >= 0.6 is 0 Å². The molecule has 2 nitrogen and oxygen atoms in total. The minimum Gasteiger partial charge on any atom is -0.313 e. The number of nitrogens with one attached hydrogen (secondary N) is 1. The number of likely N-dealkylation sites (N-methyl/N-ethyl adjacent to an activating group) is 2. The number of benzene rings is 1. The Morgan fingerprint density at radius 3 is 2.44 bits per heavy atom. The molecule has 0 amide bonds. The summed E-state index contributed by atoms with van der Waals surface area (Å²) in [6.07, 6.45) is 1.17. The van der Waals surface area contributed by atoms with Crippen LogP contribution in [-0.4, -0.2) is 30.6 Å². The Labute approximate surface area is 112 Å². The third-order valence-electron chi connectivity index (χ3n) is 3.86. The van der Waals surface area contributed by atoms with Gasteiger partial charge in [-0.1, -0.05) is 38.1 Å². The molecule has 18 heavy (non-hydrogen) atoms. The lowest BCUT2D eigenvalue weighted by molar-refractivity contribution is 0.196. The van der Waals surface area contributed by atoms with E-state index in [2.05, 4.69) is 69.2 Å².